The third-order valence-corrected chi connectivity index (χ3v) is 6.41. The van der Waals surface area contributed by atoms with Gasteiger partial charge in [0.2, 0.25) is 0 Å². The van der Waals surface area contributed by atoms with E-state index in [0.717, 1.165) is 34.2 Å². The minimum atomic E-state index is -0.325. The molecule has 0 fully saturated rings. The minimum Gasteiger partial charge on any atom is -0.268 e. The van der Waals surface area contributed by atoms with Gasteiger partial charge in [0.05, 0.1) is 21.1 Å². The summed E-state index contributed by atoms with van der Waals surface area (Å²) in [6.45, 7) is 4.02. The lowest BCUT2D eigenvalue weighted by molar-refractivity contribution is 0.0778. The first kappa shape index (κ1) is 19.5. The van der Waals surface area contributed by atoms with Crippen molar-refractivity contribution in [1.29, 1.82) is 0 Å². The Morgan fingerprint density at radius 2 is 1.17 bits per heavy atom. The van der Waals surface area contributed by atoms with E-state index in [0.29, 0.717) is 21.1 Å². The lowest BCUT2D eigenvalue weighted by Crippen LogP contribution is -2.22. The van der Waals surface area contributed by atoms with Gasteiger partial charge in [0.15, 0.2) is 0 Å². The Kier molecular flexibility index (Phi) is 5.31. The molecule has 0 aromatic heterocycles. The Hall–Kier alpha value is -2.82. The Bertz CT molecular complexity index is 1100. The first-order valence-electron chi connectivity index (χ1n) is 9.15. The second-order valence-electron chi connectivity index (χ2n) is 6.92. The predicted octanol–water partition coefficient (Wildman–Crippen LogP) is 6.31. The lowest BCUT2D eigenvalue weighted by Gasteiger charge is -2.17. The molecule has 29 heavy (non-hydrogen) atoms. The maximum atomic E-state index is 12.9. The van der Waals surface area contributed by atoms with Crippen LogP contribution in [-0.4, -0.2) is 16.1 Å². The van der Waals surface area contributed by atoms with Crippen LogP contribution in [0.5, 0.6) is 0 Å². The molecule has 1 aliphatic heterocycles. The van der Waals surface area contributed by atoms with Gasteiger partial charge < -0.3 is 0 Å². The highest BCUT2D eigenvalue weighted by Gasteiger charge is 2.37. The molecule has 0 aliphatic carbocycles. The number of carbonyl (C=O) groups is 2. The maximum absolute atomic E-state index is 12.9. The largest absolute Gasteiger partial charge is 0.272 e. The van der Waals surface area contributed by atoms with Gasteiger partial charge in [-0.15, -0.1) is 0 Å². The van der Waals surface area contributed by atoms with Crippen molar-refractivity contribution in [1.82, 2.24) is 4.31 Å². The summed E-state index contributed by atoms with van der Waals surface area (Å²) < 4.78 is 1.19. The molecule has 0 atom stereocenters. The van der Waals surface area contributed by atoms with Crippen LogP contribution < -0.4 is 0 Å². The zero-order valence-electron chi connectivity index (χ0n) is 16.0. The number of halogens is 1. The standard InChI is InChI=1S/C24H18ClNO2S/c1-15-7-11-17(12-8-15)21(25)22(18-13-9-16(2)10-14-18)29-26-23(27)19-5-3-4-6-20(19)24(26)28/h3-14H,1-2H3/b22-21+. The van der Waals surface area contributed by atoms with Gasteiger partial charge in [-0.1, -0.05) is 83.4 Å². The number of nitrogens with zero attached hydrogens (tertiary/aromatic N) is 1. The molecule has 4 rings (SSSR count). The van der Waals surface area contributed by atoms with Crippen molar-refractivity contribution in [3.8, 4) is 0 Å². The fourth-order valence-corrected chi connectivity index (χ4v) is 4.42. The number of carbonyl (C=O) groups excluding carboxylic acids is 2. The minimum absolute atomic E-state index is 0.325. The molecule has 0 saturated heterocycles. The van der Waals surface area contributed by atoms with Gasteiger partial charge in [0.25, 0.3) is 11.8 Å². The number of fused-ring (bicyclic) bond motifs is 1. The topological polar surface area (TPSA) is 37.4 Å². The SMILES string of the molecule is Cc1ccc(/C(Cl)=C(\SN2C(=O)c3ccccc3C2=O)c2ccc(C)cc2)cc1. The van der Waals surface area contributed by atoms with Crippen LogP contribution in [0.1, 0.15) is 43.0 Å². The van der Waals surface area contributed by atoms with E-state index in [4.69, 9.17) is 11.6 Å². The second kappa shape index (κ2) is 7.90. The van der Waals surface area contributed by atoms with Crippen LogP contribution in [0.4, 0.5) is 0 Å². The fourth-order valence-electron chi connectivity index (χ4n) is 3.10. The van der Waals surface area contributed by atoms with Crippen LogP contribution in [0.2, 0.25) is 0 Å². The van der Waals surface area contributed by atoms with E-state index in [1.807, 2.05) is 62.4 Å². The molecule has 0 unspecified atom stereocenters. The van der Waals surface area contributed by atoms with E-state index in [-0.39, 0.29) is 11.8 Å². The summed E-state index contributed by atoms with van der Waals surface area (Å²) in [6, 6.07) is 22.6. The number of hydrogen-bond acceptors (Lipinski definition) is 3. The van der Waals surface area contributed by atoms with E-state index in [9.17, 15) is 9.59 Å². The molecular formula is C24H18ClNO2S. The molecule has 0 radical (unpaired) electrons. The Labute approximate surface area is 179 Å². The number of rotatable bonds is 4. The Morgan fingerprint density at radius 1 is 0.724 bits per heavy atom. The number of benzene rings is 3. The van der Waals surface area contributed by atoms with Crippen LogP contribution in [-0.2, 0) is 0 Å². The summed E-state index contributed by atoms with van der Waals surface area (Å²) in [5, 5.41) is 0.496. The maximum Gasteiger partial charge on any atom is 0.272 e. The Morgan fingerprint density at radius 3 is 1.66 bits per heavy atom. The molecule has 0 saturated carbocycles. The molecule has 0 N–H and O–H groups in total. The quantitative estimate of drug-likeness (QED) is 0.282. The van der Waals surface area contributed by atoms with Gasteiger partial charge in [-0.3, -0.25) is 9.59 Å². The van der Waals surface area contributed by atoms with Crippen molar-refractivity contribution < 1.29 is 9.59 Å². The van der Waals surface area contributed by atoms with Crippen LogP contribution in [0.25, 0.3) is 9.94 Å². The van der Waals surface area contributed by atoms with Crippen LogP contribution in [0.3, 0.4) is 0 Å². The molecule has 0 bridgehead atoms. The highest BCUT2D eigenvalue weighted by atomic mass is 35.5. The van der Waals surface area contributed by atoms with Crippen molar-refractivity contribution in [2.24, 2.45) is 0 Å². The lowest BCUT2D eigenvalue weighted by atomic mass is 10.1. The summed E-state index contributed by atoms with van der Waals surface area (Å²) in [7, 11) is 0. The van der Waals surface area contributed by atoms with Crippen LogP contribution >= 0.6 is 23.5 Å². The van der Waals surface area contributed by atoms with Crippen molar-refractivity contribution in [2.45, 2.75) is 13.8 Å². The molecule has 0 spiro atoms. The third-order valence-electron chi connectivity index (χ3n) is 4.76. The zero-order chi connectivity index (χ0) is 20.5. The molecule has 5 heteroatoms. The molecule has 3 aromatic rings. The van der Waals surface area contributed by atoms with E-state index < -0.39 is 0 Å². The van der Waals surface area contributed by atoms with Crippen LogP contribution in [0.15, 0.2) is 72.8 Å². The summed E-state index contributed by atoms with van der Waals surface area (Å²) in [5.74, 6) is -0.651. The number of aryl methyl sites for hydroxylation is 2. The van der Waals surface area contributed by atoms with E-state index in [1.54, 1.807) is 24.3 Å². The van der Waals surface area contributed by atoms with Gasteiger partial charge in [-0.25, -0.2) is 4.31 Å². The van der Waals surface area contributed by atoms with Gasteiger partial charge in [0, 0.05) is 11.9 Å². The third kappa shape index (κ3) is 3.74. The fraction of sp³-hybridized carbons (Fsp3) is 0.0833. The van der Waals surface area contributed by atoms with Crippen molar-refractivity contribution in [3.63, 3.8) is 0 Å². The molecule has 3 aromatic carbocycles. The summed E-state index contributed by atoms with van der Waals surface area (Å²) in [5.41, 5.74) is 4.76. The van der Waals surface area contributed by atoms with Gasteiger partial charge in [0.1, 0.15) is 0 Å². The first-order valence-corrected chi connectivity index (χ1v) is 10.3. The summed E-state index contributed by atoms with van der Waals surface area (Å²) in [6.07, 6.45) is 0. The molecule has 3 nitrogen and oxygen atoms in total. The highest BCUT2D eigenvalue weighted by Crippen LogP contribution is 2.42. The molecule has 2 amide bonds. The van der Waals surface area contributed by atoms with Crippen molar-refractivity contribution in [3.05, 3.63) is 106 Å². The van der Waals surface area contributed by atoms with Crippen molar-refractivity contribution >= 4 is 45.3 Å². The van der Waals surface area contributed by atoms with E-state index >= 15 is 0 Å². The smallest absolute Gasteiger partial charge is 0.268 e. The van der Waals surface area contributed by atoms with E-state index in [2.05, 4.69) is 0 Å². The van der Waals surface area contributed by atoms with Crippen molar-refractivity contribution in [2.75, 3.05) is 0 Å². The van der Waals surface area contributed by atoms with Crippen LogP contribution in [0, 0.1) is 13.8 Å². The summed E-state index contributed by atoms with van der Waals surface area (Å²) in [4.78, 5) is 26.4. The average Bonchev–Trinajstić information content (AvgIpc) is 2.98. The molecule has 1 aliphatic rings. The molecule has 1 heterocycles. The number of amides is 2. The van der Waals surface area contributed by atoms with E-state index in [1.165, 1.54) is 4.31 Å². The predicted molar refractivity (Wildman–Crippen MR) is 120 cm³/mol. The average molecular weight is 420 g/mol. The Balaban J connectivity index is 1.79. The molecule has 144 valence electrons. The van der Waals surface area contributed by atoms with Gasteiger partial charge in [-0.2, -0.15) is 0 Å². The first-order chi connectivity index (χ1) is 14.0. The van der Waals surface area contributed by atoms with Gasteiger partial charge >= 0.3 is 0 Å². The number of hydrogen-bond donors (Lipinski definition) is 0. The van der Waals surface area contributed by atoms with Gasteiger partial charge in [-0.05, 0) is 37.1 Å². The molecular weight excluding hydrogens is 402 g/mol. The monoisotopic (exact) mass is 419 g/mol. The normalized spacial score (nSPS) is 14.1. The number of imide groups is 1. The zero-order valence-corrected chi connectivity index (χ0v) is 17.6. The highest BCUT2D eigenvalue weighted by molar-refractivity contribution is 8.07. The summed E-state index contributed by atoms with van der Waals surface area (Å²) >= 11 is 7.87. The second-order valence-corrected chi connectivity index (χ2v) is 8.25.